The summed E-state index contributed by atoms with van der Waals surface area (Å²) in [6, 6.07) is 8.94. The van der Waals surface area contributed by atoms with Gasteiger partial charge in [-0.3, -0.25) is 4.90 Å². The smallest absolute Gasteiger partial charge is 0.126 e. The molecule has 3 nitrogen and oxygen atoms in total. The average Bonchev–Trinajstić information content (AvgIpc) is 2.54. The van der Waals surface area contributed by atoms with E-state index < -0.39 is 0 Å². The molecule has 0 amide bonds. The molecular formula is C23H31NO2. The second-order valence-corrected chi connectivity index (χ2v) is 7.72. The highest BCUT2D eigenvalue weighted by Crippen LogP contribution is 2.30. The van der Waals surface area contributed by atoms with Gasteiger partial charge in [-0.05, 0) is 58.7 Å². The molecule has 1 heterocycles. The molecule has 3 rings (SSSR count). The lowest BCUT2D eigenvalue weighted by Crippen LogP contribution is -2.19. The molecule has 0 saturated heterocycles. The lowest BCUT2D eigenvalue weighted by Gasteiger charge is -2.22. The van der Waals surface area contributed by atoms with Gasteiger partial charge in [-0.2, -0.15) is 0 Å². The molecule has 26 heavy (non-hydrogen) atoms. The molecule has 0 aromatic heterocycles. The molecular weight excluding hydrogens is 322 g/mol. The van der Waals surface area contributed by atoms with Gasteiger partial charge in [0.1, 0.15) is 11.5 Å². The van der Waals surface area contributed by atoms with Crippen molar-refractivity contribution >= 4 is 0 Å². The van der Waals surface area contributed by atoms with Gasteiger partial charge in [0.2, 0.25) is 0 Å². The van der Waals surface area contributed by atoms with E-state index in [2.05, 4.69) is 63.9 Å². The van der Waals surface area contributed by atoms with Crippen LogP contribution < -0.4 is 9.47 Å². The summed E-state index contributed by atoms with van der Waals surface area (Å²) < 4.78 is 12.3. The van der Waals surface area contributed by atoms with Gasteiger partial charge < -0.3 is 9.47 Å². The number of rotatable bonds is 0. The molecule has 1 aliphatic heterocycles. The maximum Gasteiger partial charge on any atom is 0.126 e. The molecule has 1 aliphatic rings. The minimum atomic E-state index is 0.740. The lowest BCUT2D eigenvalue weighted by atomic mass is 10.0. The summed E-state index contributed by atoms with van der Waals surface area (Å²) in [5, 5.41) is 0. The summed E-state index contributed by atoms with van der Waals surface area (Å²) in [5.74, 6) is 2.12. The van der Waals surface area contributed by atoms with Crippen molar-refractivity contribution < 1.29 is 9.47 Å². The predicted molar refractivity (Wildman–Crippen MR) is 107 cm³/mol. The van der Waals surface area contributed by atoms with Crippen LogP contribution in [0.4, 0.5) is 0 Å². The fourth-order valence-corrected chi connectivity index (χ4v) is 3.92. The van der Waals surface area contributed by atoms with Crippen LogP contribution in [-0.4, -0.2) is 25.2 Å². The van der Waals surface area contributed by atoms with Gasteiger partial charge in [0.15, 0.2) is 0 Å². The van der Waals surface area contributed by atoms with Crippen LogP contribution in [0.5, 0.6) is 11.5 Å². The summed E-state index contributed by atoms with van der Waals surface area (Å²) in [5.41, 5.74) is 7.58. The third kappa shape index (κ3) is 4.39. The lowest BCUT2D eigenvalue weighted by molar-refractivity contribution is 0.263. The summed E-state index contributed by atoms with van der Waals surface area (Å²) in [6.07, 6.45) is 2.01. The normalized spacial score (nSPS) is 16.2. The first-order chi connectivity index (χ1) is 12.4. The Hall–Kier alpha value is -2.00. The molecule has 0 atom stereocenters. The zero-order chi connectivity index (χ0) is 18.7. The highest BCUT2D eigenvalue weighted by atomic mass is 16.5. The van der Waals surface area contributed by atoms with Crippen LogP contribution in [0.3, 0.4) is 0 Å². The average molecular weight is 354 g/mol. The SMILES string of the molecule is Cc1cc(C)c2c(c1)CN(C)Cc1cc(C)cc(C)c1OCCCCO2. The first-order valence-electron chi connectivity index (χ1n) is 9.58. The van der Waals surface area contributed by atoms with Crippen molar-refractivity contribution in [3.63, 3.8) is 0 Å². The maximum absolute atomic E-state index is 6.17. The van der Waals surface area contributed by atoms with Crippen LogP contribution in [0.25, 0.3) is 0 Å². The molecule has 0 spiro atoms. The van der Waals surface area contributed by atoms with Gasteiger partial charge in [-0.25, -0.2) is 0 Å². The van der Waals surface area contributed by atoms with E-state index in [-0.39, 0.29) is 0 Å². The van der Waals surface area contributed by atoms with Crippen molar-refractivity contribution in [1.29, 1.82) is 0 Å². The quantitative estimate of drug-likeness (QED) is 0.657. The van der Waals surface area contributed by atoms with Gasteiger partial charge in [-0.15, -0.1) is 0 Å². The highest BCUT2D eigenvalue weighted by molar-refractivity contribution is 5.45. The van der Waals surface area contributed by atoms with Gasteiger partial charge >= 0.3 is 0 Å². The van der Waals surface area contributed by atoms with Crippen LogP contribution >= 0.6 is 0 Å². The van der Waals surface area contributed by atoms with Crippen molar-refractivity contribution in [3.8, 4) is 11.5 Å². The van der Waals surface area contributed by atoms with E-state index in [0.29, 0.717) is 0 Å². The van der Waals surface area contributed by atoms with E-state index >= 15 is 0 Å². The molecule has 0 aliphatic carbocycles. The molecule has 2 aromatic rings. The van der Waals surface area contributed by atoms with E-state index in [0.717, 1.165) is 50.6 Å². The molecule has 3 heteroatoms. The van der Waals surface area contributed by atoms with Crippen molar-refractivity contribution in [2.45, 2.75) is 53.6 Å². The third-order valence-electron chi connectivity index (χ3n) is 4.90. The summed E-state index contributed by atoms with van der Waals surface area (Å²) in [6.45, 7) is 11.8. The highest BCUT2D eigenvalue weighted by Gasteiger charge is 2.15. The number of fused-ring (bicyclic) bond motifs is 2. The summed E-state index contributed by atoms with van der Waals surface area (Å²) >= 11 is 0. The molecule has 0 bridgehead atoms. The van der Waals surface area contributed by atoms with Gasteiger partial charge in [-0.1, -0.05) is 35.4 Å². The van der Waals surface area contributed by atoms with E-state index in [9.17, 15) is 0 Å². The van der Waals surface area contributed by atoms with Gasteiger partial charge in [0.25, 0.3) is 0 Å². The number of benzene rings is 2. The number of hydrogen-bond acceptors (Lipinski definition) is 3. The van der Waals surface area contributed by atoms with Crippen LogP contribution in [-0.2, 0) is 13.1 Å². The molecule has 0 saturated carbocycles. The van der Waals surface area contributed by atoms with Crippen molar-refractivity contribution in [2.75, 3.05) is 20.3 Å². The number of nitrogens with zero attached hydrogens (tertiary/aromatic N) is 1. The molecule has 0 radical (unpaired) electrons. The van der Waals surface area contributed by atoms with Gasteiger partial charge in [0.05, 0.1) is 13.2 Å². The fraction of sp³-hybridized carbons (Fsp3) is 0.478. The van der Waals surface area contributed by atoms with Crippen LogP contribution in [0.15, 0.2) is 24.3 Å². The van der Waals surface area contributed by atoms with E-state index in [1.807, 2.05) is 0 Å². The van der Waals surface area contributed by atoms with E-state index in [1.54, 1.807) is 0 Å². The standard InChI is InChI=1S/C23H31NO2/c1-16-10-18(3)22-20(12-16)14-24(5)15-21-13-17(2)11-19(4)23(21)26-9-7-6-8-25-22/h10-13H,6-9,14-15H2,1-5H3. The minimum absolute atomic E-state index is 0.740. The Balaban J connectivity index is 1.96. The predicted octanol–water partition coefficient (Wildman–Crippen LogP) is 5.10. The van der Waals surface area contributed by atoms with Crippen LogP contribution in [0.2, 0.25) is 0 Å². The Labute approximate surface area is 157 Å². The van der Waals surface area contributed by atoms with Crippen molar-refractivity contribution in [1.82, 2.24) is 4.90 Å². The molecule has 0 N–H and O–H groups in total. The zero-order valence-corrected chi connectivity index (χ0v) is 16.8. The fourth-order valence-electron chi connectivity index (χ4n) is 3.92. The number of ether oxygens (including phenoxy) is 2. The molecule has 2 aromatic carbocycles. The Bertz CT molecular complexity index is 717. The largest absolute Gasteiger partial charge is 0.493 e. The second-order valence-electron chi connectivity index (χ2n) is 7.72. The topological polar surface area (TPSA) is 21.7 Å². The Morgan fingerprint density at radius 3 is 1.54 bits per heavy atom. The second kappa shape index (κ2) is 8.13. The van der Waals surface area contributed by atoms with Gasteiger partial charge in [0, 0.05) is 24.2 Å². The van der Waals surface area contributed by atoms with Crippen molar-refractivity contribution in [3.05, 3.63) is 57.6 Å². The van der Waals surface area contributed by atoms with Crippen molar-refractivity contribution in [2.24, 2.45) is 0 Å². The number of hydrogen-bond donors (Lipinski definition) is 0. The first-order valence-corrected chi connectivity index (χ1v) is 9.58. The molecule has 0 fully saturated rings. The molecule has 140 valence electrons. The summed E-state index contributed by atoms with van der Waals surface area (Å²) in [7, 11) is 2.17. The Kier molecular flexibility index (Phi) is 5.87. The minimum Gasteiger partial charge on any atom is -0.493 e. The Morgan fingerprint density at radius 2 is 1.12 bits per heavy atom. The van der Waals surface area contributed by atoms with E-state index in [4.69, 9.17) is 9.47 Å². The van der Waals surface area contributed by atoms with Crippen LogP contribution in [0, 0.1) is 27.7 Å². The maximum atomic E-state index is 6.17. The zero-order valence-electron chi connectivity index (χ0n) is 16.8. The summed E-state index contributed by atoms with van der Waals surface area (Å²) in [4.78, 5) is 2.35. The van der Waals surface area contributed by atoms with E-state index in [1.165, 1.54) is 33.4 Å². The molecule has 0 unspecified atom stereocenters. The Morgan fingerprint density at radius 1 is 0.692 bits per heavy atom. The van der Waals surface area contributed by atoms with Crippen LogP contribution in [0.1, 0.15) is 46.2 Å². The monoisotopic (exact) mass is 353 g/mol. The third-order valence-corrected chi connectivity index (χ3v) is 4.90. The number of aryl methyl sites for hydroxylation is 4. The first kappa shape index (κ1) is 18.8.